The lowest BCUT2D eigenvalue weighted by Gasteiger charge is -2.29. The quantitative estimate of drug-likeness (QED) is 0.344. The molecule has 1 aromatic heterocycles. The summed E-state index contributed by atoms with van der Waals surface area (Å²) in [5, 5.41) is 6.98. The molecule has 138 valence electrons. The van der Waals surface area contributed by atoms with Crippen molar-refractivity contribution in [1.29, 1.82) is 0 Å². The average molecular weight is 465 g/mol. The van der Waals surface area contributed by atoms with E-state index < -0.39 is 0 Å². The second-order valence-corrected chi connectivity index (χ2v) is 7.70. The Kier molecular flexibility index (Phi) is 10.2. The molecule has 0 saturated heterocycles. The Morgan fingerprint density at radius 3 is 2.54 bits per heavy atom. The van der Waals surface area contributed by atoms with Crippen LogP contribution in [0.5, 0.6) is 0 Å². The zero-order valence-electron chi connectivity index (χ0n) is 15.2. The van der Waals surface area contributed by atoms with E-state index in [1.807, 2.05) is 18.4 Å². The fraction of sp³-hybridized carbons (Fsp3) is 0.722. The van der Waals surface area contributed by atoms with Gasteiger partial charge in [0.25, 0.3) is 0 Å². The van der Waals surface area contributed by atoms with Gasteiger partial charge in [-0.1, -0.05) is 19.8 Å². The predicted octanol–water partition coefficient (Wildman–Crippen LogP) is 4.19. The fourth-order valence-electron chi connectivity index (χ4n) is 3.33. The molecule has 6 heteroatoms. The van der Waals surface area contributed by atoms with Gasteiger partial charge in [-0.3, -0.25) is 4.99 Å². The molecule has 24 heavy (non-hydrogen) atoms. The molecule has 0 amide bonds. The minimum Gasteiger partial charge on any atom is -0.385 e. The van der Waals surface area contributed by atoms with Crippen molar-refractivity contribution in [2.24, 2.45) is 10.4 Å². The lowest BCUT2D eigenvalue weighted by atomic mass is 9.83. The van der Waals surface area contributed by atoms with E-state index in [0.29, 0.717) is 5.41 Å². The zero-order valence-corrected chi connectivity index (χ0v) is 18.3. The van der Waals surface area contributed by atoms with Gasteiger partial charge in [-0.05, 0) is 43.2 Å². The summed E-state index contributed by atoms with van der Waals surface area (Å²) in [6.07, 6.45) is 7.52. The van der Waals surface area contributed by atoms with Crippen molar-refractivity contribution < 1.29 is 4.74 Å². The number of aliphatic imine (C=N–C) groups is 1. The number of nitrogens with zero attached hydrogens (tertiary/aromatic N) is 1. The van der Waals surface area contributed by atoms with Gasteiger partial charge >= 0.3 is 0 Å². The van der Waals surface area contributed by atoms with Crippen molar-refractivity contribution in [2.75, 3.05) is 27.3 Å². The smallest absolute Gasteiger partial charge is 0.191 e. The number of thiophene rings is 1. The average Bonchev–Trinajstić information content (AvgIpc) is 3.23. The van der Waals surface area contributed by atoms with E-state index in [0.717, 1.165) is 38.5 Å². The van der Waals surface area contributed by atoms with Crippen LogP contribution in [0.3, 0.4) is 0 Å². The van der Waals surface area contributed by atoms with Gasteiger partial charge in [0.2, 0.25) is 0 Å². The molecular weight excluding hydrogens is 433 g/mol. The van der Waals surface area contributed by atoms with E-state index in [9.17, 15) is 0 Å². The Bertz CT molecular complexity index is 498. The Morgan fingerprint density at radius 1 is 1.25 bits per heavy atom. The minimum absolute atomic E-state index is 0. The molecule has 1 fully saturated rings. The minimum atomic E-state index is 0. The Labute approximate surface area is 167 Å². The van der Waals surface area contributed by atoms with Crippen LogP contribution in [0.4, 0.5) is 0 Å². The predicted molar refractivity (Wildman–Crippen MR) is 115 cm³/mol. The van der Waals surface area contributed by atoms with E-state index in [-0.39, 0.29) is 24.0 Å². The van der Waals surface area contributed by atoms with Gasteiger partial charge in [0.15, 0.2) is 5.96 Å². The molecule has 4 nitrogen and oxygen atoms in total. The van der Waals surface area contributed by atoms with E-state index in [4.69, 9.17) is 4.74 Å². The van der Waals surface area contributed by atoms with Gasteiger partial charge in [0.1, 0.15) is 0 Å². The van der Waals surface area contributed by atoms with Gasteiger partial charge in [-0.15, -0.1) is 35.3 Å². The fourth-order valence-corrected chi connectivity index (χ4v) is 4.23. The standard InChI is InChI=1S/C18H31N3OS.HI/c1-4-15-7-8-16(23-15)13-20-17(19-2)21-14-18(11-12-22-3)9-5-6-10-18;/h7-8H,4-6,9-14H2,1-3H3,(H2,19,20,21);1H. The Balaban J connectivity index is 0.00000288. The van der Waals surface area contributed by atoms with E-state index in [2.05, 4.69) is 34.7 Å². The first-order valence-corrected chi connectivity index (χ1v) is 9.54. The number of aryl methyl sites for hydroxylation is 1. The largest absolute Gasteiger partial charge is 0.385 e. The summed E-state index contributed by atoms with van der Waals surface area (Å²) in [6.45, 7) is 4.88. The third-order valence-corrected chi connectivity index (χ3v) is 6.08. The maximum atomic E-state index is 5.31. The van der Waals surface area contributed by atoms with Crippen molar-refractivity contribution in [2.45, 2.75) is 52.0 Å². The number of rotatable bonds is 8. The molecule has 0 radical (unpaired) electrons. The zero-order chi connectivity index (χ0) is 16.5. The molecule has 2 rings (SSSR count). The van der Waals surface area contributed by atoms with Crippen LogP contribution in [0.15, 0.2) is 17.1 Å². The summed E-state index contributed by atoms with van der Waals surface area (Å²) in [5.41, 5.74) is 0.381. The number of guanidine groups is 1. The van der Waals surface area contributed by atoms with Crippen molar-refractivity contribution in [3.05, 3.63) is 21.9 Å². The molecule has 0 spiro atoms. The maximum Gasteiger partial charge on any atom is 0.191 e. The molecule has 0 atom stereocenters. The SMILES string of the molecule is CCc1ccc(CNC(=NC)NCC2(CCOC)CCCC2)s1.I. The summed E-state index contributed by atoms with van der Waals surface area (Å²) >= 11 is 1.88. The monoisotopic (exact) mass is 465 g/mol. The molecule has 0 aromatic carbocycles. The first kappa shape index (κ1) is 21.7. The summed E-state index contributed by atoms with van der Waals surface area (Å²) < 4.78 is 5.31. The number of halogens is 1. The third-order valence-electron chi connectivity index (χ3n) is 4.85. The molecule has 0 unspecified atom stereocenters. The first-order valence-electron chi connectivity index (χ1n) is 8.72. The molecule has 1 aliphatic carbocycles. The number of hydrogen-bond donors (Lipinski definition) is 2. The van der Waals surface area contributed by atoms with Crippen LogP contribution in [0, 0.1) is 5.41 Å². The van der Waals surface area contributed by atoms with Gasteiger partial charge < -0.3 is 15.4 Å². The van der Waals surface area contributed by atoms with Crippen molar-refractivity contribution in [1.82, 2.24) is 10.6 Å². The van der Waals surface area contributed by atoms with E-state index in [1.54, 1.807) is 7.11 Å². The normalized spacial score (nSPS) is 16.7. The number of methoxy groups -OCH3 is 1. The van der Waals surface area contributed by atoms with Crippen LogP contribution in [0.2, 0.25) is 0 Å². The summed E-state index contributed by atoms with van der Waals surface area (Å²) in [4.78, 5) is 7.17. The Morgan fingerprint density at radius 2 is 1.96 bits per heavy atom. The van der Waals surface area contributed by atoms with Gasteiger partial charge in [-0.2, -0.15) is 0 Å². The van der Waals surface area contributed by atoms with Crippen molar-refractivity contribution >= 4 is 41.3 Å². The van der Waals surface area contributed by atoms with Gasteiger partial charge in [-0.25, -0.2) is 0 Å². The summed E-state index contributed by atoms with van der Waals surface area (Å²) in [6, 6.07) is 4.43. The third kappa shape index (κ3) is 6.52. The molecule has 0 bridgehead atoms. The number of nitrogens with one attached hydrogen (secondary N) is 2. The topological polar surface area (TPSA) is 45.7 Å². The molecular formula is C18H32IN3OS. The molecule has 1 heterocycles. The molecule has 1 saturated carbocycles. The maximum absolute atomic E-state index is 5.31. The van der Waals surface area contributed by atoms with Crippen molar-refractivity contribution in [3.63, 3.8) is 0 Å². The number of hydrogen-bond acceptors (Lipinski definition) is 3. The van der Waals surface area contributed by atoms with Crippen LogP contribution in [0.1, 0.15) is 48.8 Å². The highest BCUT2D eigenvalue weighted by Crippen LogP contribution is 2.40. The van der Waals surface area contributed by atoms with Crippen LogP contribution in [-0.4, -0.2) is 33.3 Å². The second kappa shape index (κ2) is 11.3. The molecule has 2 N–H and O–H groups in total. The van der Waals surface area contributed by atoms with Gasteiger partial charge in [0.05, 0.1) is 6.54 Å². The molecule has 0 aliphatic heterocycles. The highest BCUT2D eigenvalue weighted by atomic mass is 127. The Hall–Kier alpha value is -0.340. The highest BCUT2D eigenvalue weighted by Gasteiger charge is 2.33. The number of ether oxygens (including phenoxy) is 1. The van der Waals surface area contributed by atoms with Crippen LogP contribution in [-0.2, 0) is 17.7 Å². The lowest BCUT2D eigenvalue weighted by molar-refractivity contribution is 0.138. The van der Waals surface area contributed by atoms with Crippen LogP contribution < -0.4 is 10.6 Å². The van der Waals surface area contributed by atoms with E-state index >= 15 is 0 Å². The lowest BCUT2D eigenvalue weighted by Crippen LogP contribution is -2.43. The first-order chi connectivity index (χ1) is 11.2. The van der Waals surface area contributed by atoms with Crippen LogP contribution >= 0.6 is 35.3 Å². The molecule has 1 aromatic rings. The summed E-state index contributed by atoms with van der Waals surface area (Å²) in [7, 11) is 3.64. The van der Waals surface area contributed by atoms with Crippen molar-refractivity contribution in [3.8, 4) is 0 Å². The summed E-state index contributed by atoms with van der Waals surface area (Å²) in [5.74, 6) is 0.903. The van der Waals surface area contributed by atoms with E-state index in [1.165, 1.54) is 35.4 Å². The van der Waals surface area contributed by atoms with Crippen LogP contribution in [0.25, 0.3) is 0 Å². The molecule has 1 aliphatic rings. The van der Waals surface area contributed by atoms with Gasteiger partial charge in [0, 0.05) is 37.1 Å². The second-order valence-electron chi connectivity index (χ2n) is 6.45. The highest BCUT2D eigenvalue weighted by molar-refractivity contribution is 14.0.